The first-order valence-electron chi connectivity index (χ1n) is 13.3. The Morgan fingerprint density at radius 3 is 2.42 bits per heavy atom. The van der Waals surface area contributed by atoms with Gasteiger partial charge in [-0.1, -0.05) is 63.2 Å². The highest BCUT2D eigenvalue weighted by molar-refractivity contribution is 5.94. The maximum absolute atomic E-state index is 13.6. The van der Waals surface area contributed by atoms with Gasteiger partial charge in [-0.15, -0.1) is 0 Å². The fourth-order valence-corrected chi connectivity index (χ4v) is 6.44. The molecule has 1 aromatic heterocycles. The molecule has 0 radical (unpaired) electrons. The lowest BCUT2D eigenvalue weighted by atomic mass is 9.62. The van der Waals surface area contributed by atoms with Gasteiger partial charge in [0.05, 0.1) is 6.04 Å². The Balaban J connectivity index is 1.62. The van der Waals surface area contributed by atoms with Gasteiger partial charge in [0.15, 0.2) is 5.69 Å². The molecule has 1 aliphatic heterocycles. The van der Waals surface area contributed by atoms with Gasteiger partial charge in [-0.25, -0.2) is 14.2 Å². The van der Waals surface area contributed by atoms with E-state index in [-0.39, 0.29) is 36.8 Å². The van der Waals surface area contributed by atoms with E-state index in [9.17, 15) is 29.0 Å². The van der Waals surface area contributed by atoms with E-state index in [4.69, 9.17) is 0 Å². The Hall–Kier alpha value is -4.21. The predicted octanol–water partition coefficient (Wildman–Crippen LogP) is 4.70. The lowest BCUT2D eigenvalue weighted by Crippen LogP contribution is -2.48. The maximum atomic E-state index is 13.6. The molecule has 3 N–H and O–H groups in total. The number of aromatic nitrogens is 2. The zero-order valence-electron chi connectivity index (χ0n) is 22.7. The van der Waals surface area contributed by atoms with Crippen molar-refractivity contribution in [3.63, 3.8) is 0 Å². The molecule has 0 unspecified atom stereocenters. The molecule has 1 saturated carbocycles. The Morgan fingerprint density at radius 1 is 1.10 bits per heavy atom. The highest BCUT2D eigenvalue weighted by Crippen LogP contribution is 2.64. The summed E-state index contributed by atoms with van der Waals surface area (Å²) in [6.45, 7) is 6.54. The van der Waals surface area contributed by atoms with Gasteiger partial charge in [0, 0.05) is 25.0 Å². The van der Waals surface area contributed by atoms with Crippen molar-refractivity contribution >= 4 is 12.0 Å². The minimum absolute atomic E-state index is 0.0180. The average molecular weight is 549 g/mol. The summed E-state index contributed by atoms with van der Waals surface area (Å²) in [6, 6.07) is 13.9. The number of amides is 2. The monoisotopic (exact) mass is 548 g/mol. The van der Waals surface area contributed by atoms with Gasteiger partial charge in [0.2, 0.25) is 5.75 Å². The fraction of sp³-hybridized carbons (Fsp3) is 0.400. The molecule has 2 aromatic carbocycles. The second-order valence-corrected chi connectivity index (χ2v) is 11.6. The van der Waals surface area contributed by atoms with Gasteiger partial charge >= 0.3 is 6.09 Å². The number of carbonyl (C=O) groups excluding carboxylic acids is 1. The van der Waals surface area contributed by atoms with Gasteiger partial charge in [0.1, 0.15) is 11.6 Å². The van der Waals surface area contributed by atoms with Gasteiger partial charge < -0.3 is 15.5 Å². The largest absolute Gasteiger partial charge is 0.501 e. The number of aromatic hydroxyl groups is 1. The van der Waals surface area contributed by atoms with Crippen LogP contribution in [0, 0.1) is 22.6 Å². The van der Waals surface area contributed by atoms with Crippen LogP contribution in [-0.4, -0.2) is 36.7 Å². The molecule has 0 spiro atoms. The number of carbonyl (C=O) groups is 2. The number of nitrogens with zero attached hydrogens (tertiary/aromatic N) is 3. The number of nitrogens with one attached hydrogen (secondary N) is 1. The quantitative estimate of drug-likeness (QED) is 0.410. The molecule has 0 saturated heterocycles. The summed E-state index contributed by atoms with van der Waals surface area (Å²) >= 11 is 0. The van der Waals surface area contributed by atoms with Crippen LogP contribution in [0.3, 0.4) is 0 Å². The molecule has 3 atom stereocenters. The van der Waals surface area contributed by atoms with E-state index in [1.807, 2.05) is 37.3 Å². The number of fused-ring (bicyclic) bond motifs is 3. The summed E-state index contributed by atoms with van der Waals surface area (Å²) in [7, 11) is 0. The topological polar surface area (TPSA) is 125 Å². The molecular weight excluding hydrogens is 515 g/mol. The normalized spacial score (nSPS) is 22.7. The lowest BCUT2D eigenvalue weighted by Gasteiger charge is -2.48. The number of benzene rings is 2. The molecule has 1 fully saturated rings. The minimum Gasteiger partial charge on any atom is -0.501 e. The van der Waals surface area contributed by atoms with Gasteiger partial charge in [-0.05, 0) is 47.4 Å². The molecule has 2 aliphatic rings. The Morgan fingerprint density at radius 2 is 1.77 bits per heavy atom. The van der Waals surface area contributed by atoms with Crippen LogP contribution < -0.4 is 10.9 Å². The third kappa shape index (κ3) is 4.51. The van der Waals surface area contributed by atoms with E-state index in [2.05, 4.69) is 24.1 Å². The van der Waals surface area contributed by atoms with Gasteiger partial charge in [-0.2, -0.15) is 0 Å². The van der Waals surface area contributed by atoms with Crippen molar-refractivity contribution in [2.24, 2.45) is 16.7 Å². The van der Waals surface area contributed by atoms with Crippen LogP contribution in [0.1, 0.15) is 67.1 Å². The first-order chi connectivity index (χ1) is 18.9. The van der Waals surface area contributed by atoms with Crippen molar-refractivity contribution < 1.29 is 24.2 Å². The van der Waals surface area contributed by atoms with Crippen molar-refractivity contribution in [2.75, 3.05) is 0 Å². The van der Waals surface area contributed by atoms with E-state index < -0.39 is 46.3 Å². The maximum Gasteiger partial charge on any atom is 0.408 e. The Labute approximate surface area is 231 Å². The van der Waals surface area contributed by atoms with Crippen molar-refractivity contribution in [2.45, 2.75) is 59.3 Å². The molecule has 2 heterocycles. The van der Waals surface area contributed by atoms with E-state index in [0.29, 0.717) is 12.0 Å². The molecule has 5 rings (SSSR count). The third-order valence-electron chi connectivity index (χ3n) is 9.27. The molecule has 3 aromatic rings. The van der Waals surface area contributed by atoms with Crippen molar-refractivity contribution in [3.05, 3.63) is 93.4 Å². The second kappa shape index (κ2) is 10.1. The van der Waals surface area contributed by atoms with Crippen molar-refractivity contribution in [1.29, 1.82) is 0 Å². The summed E-state index contributed by atoms with van der Waals surface area (Å²) in [5.74, 6) is -1.81. The average Bonchev–Trinajstić information content (AvgIpc) is 3.11. The standard InChI is InChI=1S/C30H33FN4O5/c1-29(2)20-13-14-30(29,3)24(34(28(39)40)16-19-7-5-4-6-8-19)25-33-22(23(36)27(38)35(25)17-20)26(37)32-15-18-9-11-21(31)12-10-18/h4-12,20,24,36H,13-17H2,1-3H3,(H,32,37)(H,39,40)/t20-,24+,30+/m1/s1. The molecule has 210 valence electrons. The van der Waals surface area contributed by atoms with E-state index in [1.165, 1.54) is 33.7 Å². The molecule has 10 heteroatoms. The number of hydrogen-bond donors (Lipinski definition) is 3. The molecule has 40 heavy (non-hydrogen) atoms. The summed E-state index contributed by atoms with van der Waals surface area (Å²) < 4.78 is 14.6. The Bertz CT molecular complexity index is 1500. The number of halogens is 1. The van der Waals surface area contributed by atoms with Crippen LogP contribution in [0.4, 0.5) is 9.18 Å². The third-order valence-corrected chi connectivity index (χ3v) is 9.27. The zero-order valence-corrected chi connectivity index (χ0v) is 22.7. The van der Waals surface area contributed by atoms with Crippen LogP contribution in [0.15, 0.2) is 59.4 Å². The van der Waals surface area contributed by atoms with E-state index >= 15 is 0 Å². The van der Waals surface area contributed by atoms with Gasteiger partial charge in [-0.3, -0.25) is 19.1 Å². The molecular formula is C30H33FN4O5. The molecule has 1 aliphatic carbocycles. The number of hydrogen-bond acceptors (Lipinski definition) is 5. The SMILES string of the molecule is CC1(C)[C@@H]2CC[C@@]1(C)[C@@H](N(Cc1ccccc1)C(=O)O)c1nc(C(=O)NCc3ccc(F)cc3)c(O)c(=O)n1C2. The van der Waals surface area contributed by atoms with E-state index in [0.717, 1.165) is 12.0 Å². The van der Waals surface area contributed by atoms with Gasteiger partial charge in [0.25, 0.3) is 11.5 Å². The first-order valence-corrected chi connectivity index (χ1v) is 13.3. The Kier molecular flexibility index (Phi) is 6.89. The smallest absolute Gasteiger partial charge is 0.408 e. The van der Waals surface area contributed by atoms with Crippen molar-refractivity contribution in [3.8, 4) is 5.75 Å². The highest BCUT2D eigenvalue weighted by atomic mass is 19.1. The van der Waals surface area contributed by atoms with Crippen LogP contribution in [0.25, 0.3) is 0 Å². The molecule has 2 amide bonds. The number of carboxylic acid groups (broad SMARTS) is 1. The summed E-state index contributed by atoms with van der Waals surface area (Å²) in [5.41, 5.74) is -0.865. The first kappa shape index (κ1) is 27.4. The second-order valence-electron chi connectivity index (χ2n) is 11.6. The zero-order chi connectivity index (χ0) is 28.8. The highest BCUT2D eigenvalue weighted by Gasteiger charge is 2.60. The van der Waals surface area contributed by atoms with Crippen molar-refractivity contribution in [1.82, 2.24) is 19.8 Å². The summed E-state index contributed by atoms with van der Waals surface area (Å²) in [6.07, 6.45) is 0.314. The van der Waals surface area contributed by atoms with Crippen LogP contribution in [0.5, 0.6) is 5.75 Å². The number of rotatable bonds is 6. The minimum atomic E-state index is -1.17. The molecule has 2 bridgehead atoms. The van der Waals surface area contributed by atoms with E-state index in [1.54, 1.807) is 0 Å². The predicted molar refractivity (Wildman–Crippen MR) is 145 cm³/mol. The lowest BCUT2D eigenvalue weighted by molar-refractivity contribution is -0.00879. The van der Waals surface area contributed by atoms with Crippen LogP contribution in [0.2, 0.25) is 0 Å². The molecule has 9 nitrogen and oxygen atoms in total. The summed E-state index contributed by atoms with van der Waals surface area (Å²) in [5, 5.41) is 24.0. The van der Waals surface area contributed by atoms with Crippen LogP contribution in [-0.2, 0) is 19.6 Å². The summed E-state index contributed by atoms with van der Waals surface area (Å²) in [4.78, 5) is 45.5. The fourth-order valence-electron chi connectivity index (χ4n) is 6.44. The van der Waals surface area contributed by atoms with Crippen LogP contribution >= 0.6 is 0 Å².